The van der Waals surface area contributed by atoms with Gasteiger partial charge < -0.3 is 20.9 Å². The van der Waals surface area contributed by atoms with Crippen molar-refractivity contribution in [2.75, 3.05) is 19.6 Å². The molecular weight excluding hydrogens is 332 g/mol. The maximum atomic E-state index is 12.5. The molecule has 2 heterocycles. The second-order valence-electron chi connectivity index (χ2n) is 7.89. The number of nitrogens with one attached hydrogen (secondary N) is 3. The van der Waals surface area contributed by atoms with Crippen LogP contribution < -0.4 is 16.0 Å². The van der Waals surface area contributed by atoms with Crippen molar-refractivity contribution in [3.8, 4) is 0 Å². The van der Waals surface area contributed by atoms with Gasteiger partial charge in [0.2, 0.25) is 11.8 Å². The molecule has 3 N–H and O–H groups in total. The van der Waals surface area contributed by atoms with Crippen LogP contribution in [0.5, 0.6) is 0 Å². The first kappa shape index (κ1) is 19.0. The first-order chi connectivity index (χ1) is 12.6. The van der Waals surface area contributed by atoms with Crippen molar-refractivity contribution in [3.05, 3.63) is 0 Å². The average Bonchev–Trinajstić information content (AvgIpc) is 2.87. The minimum Gasteiger partial charge on any atom is -0.354 e. The topological polar surface area (TPSA) is 90.5 Å². The van der Waals surface area contributed by atoms with Gasteiger partial charge in [-0.2, -0.15) is 0 Å². The first-order valence-electron chi connectivity index (χ1n) is 10.3. The van der Waals surface area contributed by atoms with Gasteiger partial charge in [0.25, 0.3) is 0 Å². The lowest BCUT2D eigenvalue weighted by atomic mass is 9.92. The average molecular weight is 364 g/mol. The Labute approximate surface area is 155 Å². The third-order valence-electron chi connectivity index (χ3n) is 5.94. The lowest BCUT2D eigenvalue weighted by Gasteiger charge is -2.33. The summed E-state index contributed by atoms with van der Waals surface area (Å²) in [6, 6.07) is -0.276. The van der Waals surface area contributed by atoms with Crippen molar-refractivity contribution >= 4 is 17.8 Å². The molecule has 1 atom stereocenters. The van der Waals surface area contributed by atoms with E-state index in [1.54, 1.807) is 4.90 Å². The molecule has 7 nitrogen and oxygen atoms in total. The largest absolute Gasteiger partial charge is 0.354 e. The van der Waals surface area contributed by atoms with Gasteiger partial charge in [0.05, 0.1) is 0 Å². The number of piperidine rings is 1. The predicted octanol–water partition coefficient (Wildman–Crippen LogP) is 1.53. The summed E-state index contributed by atoms with van der Waals surface area (Å²) in [5, 5.41) is 8.90. The summed E-state index contributed by atoms with van der Waals surface area (Å²) < 4.78 is 0. The van der Waals surface area contributed by atoms with E-state index < -0.39 is 6.04 Å². The highest BCUT2D eigenvalue weighted by Crippen LogP contribution is 2.21. The van der Waals surface area contributed by atoms with Gasteiger partial charge >= 0.3 is 6.03 Å². The molecule has 1 saturated carbocycles. The smallest absolute Gasteiger partial charge is 0.318 e. The molecule has 0 aromatic carbocycles. The van der Waals surface area contributed by atoms with E-state index in [-0.39, 0.29) is 23.8 Å². The predicted molar refractivity (Wildman–Crippen MR) is 98.5 cm³/mol. The molecule has 0 bridgehead atoms. The molecule has 1 unspecified atom stereocenters. The summed E-state index contributed by atoms with van der Waals surface area (Å²) in [6.07, 6.45) is 9.86. The van der Waals surface area contributed by atoms with Crippen LogP contribution in [-0.4, -0.2) is 54.5 Å². The Bertz CT molecular complexity index is 511. The highest BCUT2D eigenvalue weighted by molar-refractivity contribution is 5.87. The molecule has 3 fully saturated rings. The van der Waals surface area contributed by atoms with Crippen LogP contribution in [-0.2, 0) is 9.59 Å². The Hall–Kier alpha value is -1.79. The Morgan fingerprint density at radius 2 is 1.58 bits per heavy atom. The quantitative estimate of drug-likeness (QED) is 0.709. The second kappa shape index (κ2) is 9.24. The van der Waals surface area contributed by atoms with E-state index in [4.69, 9.17) is 0 Å². The van der Waals surface area contributed by atoms with Crippen molar-refractivity contribution < 1.29 is 14.4 Å². The molecule has 2 saturated heterocycles. The summed E-state index contributed by atoms with van der Waals surface area (Å²) >= 11 is 0. The summed E-state index contributed by atoms with van der Waals surface area (Å²) in [5.41, 5.74) is 0. The van der Waals surface area contributed by atoms with E-state index >= 15 is 0 Å². The molecule has 4 amide bonds. The number of nitrogens with zero attached hydrogens (tertiary/aromatic N) is 1. The van der Waals surface area contributed by atoms with Crippen molar-refractivity contribution in [3.63, 3.8) is 0 Å². The fourth-order valence-corrected chi connectivity index (χ4v) is 4.23. The molecule has 0 aromatic heterocycles. The van der Waals surface area contributed by atoms with Crippen molar-refractivity contribution in [2.24, 2.45) is 5.92 Å². The van der Waals surface area contributed by atoms with Crippen LogP contribution in [0.15, 0.2) is 0 Å². The van der Waals surface area contributed by atoms with Crippen LogP contribution in [0.4, 0.5) is 4.79 Å². The summed E-state index contributed by atoms with van der Waals surface area (Å²) in [5.74, 6) is 0.0693. The molecular formula is C19H32N4O3. The maximum absolute atomic E-state index is 12.5. The molecule has 1 aliphatic carbocycles. The molecule has 7 heteroatoms. The first-order valence-corrected chi connectivity index (χ1v) is 10.3. The molecule has 0 spiro atoms. The molecule has 0 aromatic rings. The zero-order chi connectivity index (χ0) is 18.4. The highest BCUT2D eigenvalue weighted by Gasteiger charge is 2.30. The molecule has 3 aliphatic rings. The minimum atomic E-state index is -0.433. The van der Waals surface area contributed by atoms with Gasteiger partial charge in [0, 0.05) is 31.6 Å². The van der Waals surface area contributed by atoms with E-state index in [1.165, 1.54) is 19.3 Å². The molecule has 0 radical (unpaired) electrons. The van der Waals surface area contributed by atoms with Crippen molar-refractivity contribution in [2.45, 2.75) is 76.3 Å². The van der Waals surface area contributed by atoms with Crippen LogP contribution in [0, 0.1) is 5.92 Å². The van der Waals surface area contributed by atoms with Crippen LogP contribution in [0.3, 0.4) is 0 Å². The second-order valence-corrected chi connectivity index (χ2v) is 7.89. The number of hydrogen-bond donors (Lipinski definition) is 3. The van der Waals surface area contributed by atoms with Gasteiger partial charge in [-0.15, -0.1) is 0 Å². The van der Waals surface area contributed by atoms with Crippen LogP contribution >= 0.6 is 0 Å². The van der Waals surface area contributed by atoms with Gasteiger partial charge in [-0.1, -0.05) is 19.3 Å². The number of amides is 4. The third kappa shape index (κ3) is 5.11. The van der Waals surface area contributed by atoms with Gasteiger partial charge in [-0.05, 0) is 44.9 Å². The Kier molecular flexibility index (Phi) is 6.74. The number of carbonyl (C=O) groups is 3. The van der Waals surface area contributed by atoms with Crippen LogP contribution in [0.25, 0.3) is 0 Å². The standard InChI is InChI=1S/C19H32N4O3/c24-17(21-15-6-2-1-3-7-15)14-9-12-23(13-10-14)19(26)22-16-8-4-5-11-20-18(16)25/h14-16H,1-13H2,(H,20,25)(H,21,24)(H,22,26). The van der Waals surface area contributed by atoms with E-state index in [2.05, 4.69) is 16.0 Å². The Morgan fingerprint density at radius 3 is 2.31 bits per heavy atom. The highest BCUT2D eigenvalue weighted by atomic mass is 16.2. The lowest BCUT2D eigenvalue weighted by Crippen LogP contribution is -2.53. The molecule has 146 valence electrons. The van der Waals surface area contributed by atoms with Crippen molar-refractivity contribution in [1.82, 2.24) is 20.9 Å². The number of likely N-dealkylation sites (tertiary alicyclic amines) is 1. The normalized spacial score (nSPS) is 25.9. The van der Waals surface area contributed by atoms with Gasteiger partial charge in [-0.3, -0.25) is 9.59 Å². The van der Waals surface area contributed by atoms with Crippen molar-refractivity contribution in [1.29, 1.82) is 0 Å². The monoisotopic (exact) mass is 364 g/mol. The zero-order valence-corrected chi connectivity index (χ0v) is 15.6. The Morgan fingerprint density at radius 1 is 0.885 bits per heavy atom. The van der Waals surface area contributed by atoms with E-state index in [0.717, 1.165) is 25.7 Å². The van der Waals surface area contributed by atoms with Crippen LogP contribution in [0.1, 0.15) is 64.2 Å². The fourth-order valence-electron chi connectivity index (χ4n) is 4.23. The van der Waals surface area contributed by atoms with E-state index in [0.29, 0.717) is 44.9 Å². The maximum Gasteiger partial charge on any atom is 0.318 e. The fraction of sp³-hybridized carbons (Fsp3) is 0.842. The zero-order valence-electron chi connectivity index (χ0n) is 15.6. The Balaban J connectivity index is 1.41. The third-order valence-corrected chi connectivity index (χ3v) is 5.94. The SMILES string of the molecule is O=C(NC1CCCCC1)C1CCN(C(=O)NC2CCCCNC2=O)CC1. The molecule has 26 heavy (non-hydrogen) atoms. The lowest BCUT2D eigenvalue weighted by molar-refractivity contribution is -0.127. The number of carbonyl (C=O) groups excluding carboxylic acids is 3. The number of hydrogen-bond acceptors (Lipinski definition) is 3. The molecule has 3 rings (SSSR count). The molecule has 2 aliphatic heterocycles. The van der Waals surface area contributed by atoms with Gasteiger partial charge in [-0.25, -0.2) is 4.79 Å². The van der Waals surface area contributed by atoms with Crippen LogP contribution in [0.2, 0.25) is 0 Å². The summed E-state index contributed by atoms with van der Waals surface area (Å²) in [7, 11) is 0. The summed E-state index contributed by atoms with van der Waals surface area (Å²) in [6.45, 7) is 1.83. The minimum absolute atomic E-state index is 0.00200. The van der Waals surface area contributed by atoms with Gasteiger partial charge in [0.15, 0.2) is 0 Å². The van der Waals surface area contributed by atoms with E-state index in [9.17, 15) is 14.4 Å². The number of urea groups is 1. The van der Waals surface area contributed by atoms with E-state index in [1.807, 2.05) is 0 Å². The van der Waals surface area contributed by atoms with Gasteiger partial charge in [0.1, 0.15) is 6.04 Å². The summed E-state index contributed by atoms with van der Waals surface area (Å²) in [4.78, 5) is 38.6. The number of rotatable bonds is 3.